The number of nitrogens with zero attached hydrogens (tertiary/aromatic N) is 7. The van der Waals surface area contributed by atoms with Crippen molar-refractivity contribution in [3.8, 4) is 5.75 Å². The first-order valence-electron chi connectivity index (χ1n) is 11.5. The summed E-state index contributed by atoms with van der Waals surface area (Å²) in [6.45, 7) is 2.01. The molecular formula is C25H18F3N7O4. The Morgan fingerprint density at radius 2 is 1.69 bits per heavy atom. The van der Waals surface area contributed by atoms with Gasteiger partial charge in [0.25, 0.3) is 5.91 Å². The second-order valence-electron chi connectivity index (χ2n) is 8.64. The molecule has 0 N–H and O–H groups in total. The Bertz CT molecular complexity index is 1510. The molecule has 39 heavy (non-hydrogen) atoms. The van der Waals surface area contributed by atoms with Gasteiger partial charge in [0.2, 0.25) is 5.78 Å². The third-order valence-electron chi connectivity index (χ3n) is 6.03. The van der Waals surface area contributed by atoms with Gasteiger partial charge in [0.1, 0.15) is 11.7 Å². The summed E-state index contributed by atoms with van der Waals surface area (Å²) in [6, 6.07) is 13.0. The van der Waals surface area contributed by atoms with Crippen LogP contribution in [0, 0.1) is 12.8 Å². The number of tetrazole rings is 1. The van der Waals surface area contributed by atoms with Crippen molar-refractivity contribution in [2.45, 2.75) is 25.9 Å². The highest BCUT2D eigenvalue weighted by Gasteiger charge is 2.53. The summed E-state index contributed by atoms with van der Waals surface area (Å²) >= 11 is 0. The van der Waals surface area contributed by atoms with Crippen LogP contribution in [0.25, 0.3) is 0 Å². The number of anilines is 1. The summed E-state index contributed by atoms with van der Waals surface area (Å²) < 4.78 is 41.5. The minimum absolute atomic E-state index is 0.0635. The molecule has 14 heteroatoms. The number of Topliss-reactive ketones (excluding diaryl/α,β-unsaturated/α-hetero) is 2. The largest absolute Gasteiger partial charge is 0.573 e. The fraction of sp³-hybridized carbons (Fsp3) is 0.200. The second kappa shape index (κ2) is 10.0. The SMILES string of the molecule is Cc1ccc(N2C(=O)C(=O)C(C(=O)c3ccc(OC(F)(F)F)cc3)C2c2ccc(Cn3ncnn3)cc2)nn1. The number of aromatic nitrogens is 6. The van der Waals surface area contributed by atoms with Crippen LogP contribution in [0.15, 0.2) is 67.0 Å². The van der Waals surface area contributed by atoms with E-state index in [1.807, 2.05) is 0 Å². The molecule has 11 nitrogen and oxygen atoms in total. The third-order valence-corrected chi connectivity index (χ3v) is 6.03. The number of carbonyl (C=O) groups is 3. The standard InChI is InChI=1S/C25H18F3N7O4/c1-14-2-11-19(32-31-14)35-21(16-5-3-15(4-6-16)12-34-30-13-29-33-34)20(23(37)24(35)38)22(36)17-7-9-18(10-8-17)39-25(26,27)28/h2-11,13,20-21H,12H2,1H3. The molecule has 2 aromatic heterocycles. The van der Waals surface area contributed by atoms with Crippen molar-refractivity contribution in [3.63, 3.8) is 0 Å². The fourth-order valence-electron chi connectivity index (χ4n) is 4.29. The molecule has 3 heterocycles. The van der Waals surface area contributed by atoms with Crippen molar-refractivity contribution in [1.29, 1.82) is 0 Å². The van der Waals surface area contributed by atoms with Gasteiger partial charge in [0, 0.05) is 5.56 Å². The molecule has 0 spiro atoms. The van der Waals surface area contributed by atoms with Gasteiger partial charge in [-0.3, -0.25) is 19.3 Å². The lowest BCUT2D eigenvalue weighted by molar-refractivity contribution is -0.274. The highest BCUT2D eigenvalue weighted by molar-refractivity contribution is 6.48. The first kappa shape index (κ1) is 25.6. The molecule has 1 saturated heterocycles. The van der Waals surface area contributed by atoms with Crippen LogP contribution in [0.2, 0.25) is 0 Å². The van der Waals surface area contributed by atoms with Crippen LogP contribution in [0.5, 0.6) is 5.75 Å². The van der Waals surface area contributed by atoms with E-state index in [1.165, 1.54) is 17.2 Å². The molecule has 0 saturated carbocycles. The van der Waals surface area contributed by atoms with Gasteiger partial charge in [-0.25, -0.2) is 0 Å². The van der Waals surface area contributed by atoms with Crippen LogP contribution in [-0.2, 0) is 16.1 Å². The zero-order valence-electron chi connectivity index (χ0n) is 20.1. The zero-order chi connectivity index (χ0) is 27.7. The lowest BCUT2D eigenvalue weighted by Gasteiger charge is -2.26. The van der Waals surface area contributed by atoms with Crippen molar-refractivity contribution in [2.75, 3.05) is 4.90 Å². The predicted octanol–water partition coefficient (Wildman–Crippen LogP) is 2.87. The Labute approximate surface area is 218 Å². The molecule has 1 aliphatic rings. The van der Waals surface area contributed by atoms with Gasteiger partial charge in [-0.15, -0.1) is 28.5 Å². The van der Waals surface area contributed by atoms with E-state index in [9.17, 15) is 27.6 Å². The minimum atomic E-state index is -4.91. The van der Waals surface area contributed by atoms with Crippen LogP contribution in [0.3, 0.4) is 0 Å². The maximum absolute atomic E-state index is 13.6. The van der Waals surface area contributed by atoms with Crippen LogP contribution in [0.4, 0.5) is 19.0 Å². The summed E-state index contributed by atoms with van der Waals surface area (Å²) in [5, 5.41) is 19.4. The van der Waals surface area contributed by atoms with Gasteiger partial charge >= 0.3 is 6.36 Å². The lowest BCUT2D eigenvalue weighted by atomic mass is 9.86. The Morgan fingerprint density at radius 1 is 0.974 bits per heavy atom. The number of ketones is 2. The number of amides is 1. The summed E-state index contributed by atoms with van der Waals surface area (Å²) in [5.74, 6) is -4.61. The molecule has 2 aromatic carbocycles. The van der Waals surface area contributed by atoms with Crippen LogP contribution in [0.1, 0.15) is 33.2 Å². The number of carbonyl (C=O) groups excluding carboxylic acids is 3. The van der Waals surface area contributed by atoms with E-state index in [-0.39, 0.29) is 11.4 Å². The molecule has 2 unspecified atom stereocenters. The zero-order valence-corrected chi connectivity index (χ0v) is 20.1. The average Bonchev–Trinajstić information content (AvgIpc) is 3.50. The van der Waals surface area contributed by atoms with Crippen LogP contribution in [-0.4, -0.2) is 54.2 Å². The molecule has 0 radical (unpaired) electrons. The molecule has 4 aromatic rings. The van der Waals surface area contributed by atoms with E-state index < -0.39 is 41.5 Å². The normalized spacial score (nSPS) is 17.5. The third kappa shape index (κ3) is 5.35. The Morgan fingerprint density at radius 3 is 2.28 bits per heavy atom. The van der Waals surface area contributed by atoms with E-state index in [0.29, 0.717) is 17.8 Å². The van der Waals surface area contributed by atoms with E-state index in [4.69, 9.17) is 0 Å². The van der Waals surface area contributed by atoms with Gasteiger partial charge in [-0.2, -0.15) is 9.90 Å². The Kier molecular flexibility index (Phi) is 6.60. The number of benzene rings is 2. The van der Waals surface area contributed by atoms with Gasteiger partial charge < -0.3 is 4.74 Å². The average molecular weight is 537 g/mol. The summed E-state index contributed by atoms with van der Waals surface area (Å²) in [6.07, 6.45) is -3.61. The fourth-order valence-corrected chi connectivity index (χ4v) is 4.29. The van der Waals surface area contributed by atoms with Crippen molar-refractivity contribution in [2.24, 2.45) is 5.92 Å². The lowest BCUT2D eigenvalue weighted by Crippen LogP contribution is -2.31. The minimum Gasteiger partial charge on any atom is -0.406 e. The first-order valence-corrected chi connectivity index (χ1v) is 11.5. The number of ether oxygens (including phenoxy) is 1. The number of hydrogen-bond acceptors (Lipinski definition) is 9. The molecule has 2 atom stereocenters. The first-order chi connectivity index (χ1) is 18.6. The van der Waals surface area contributed by atoms with E-state index >= 15 is 0 Å². The van der Waals surface area contributed by atoms with Gasteiger partial charge in [-0.1, -0.05) is 24.3 Å². The van der Waals surface area contributed by atoms with Crippen LogP contribution >= 0.6 is 0 Å². The second-order valence-corrected chi connectivity index (χ2v) is 8.64. The molecule has 0 aliphatic carbocycles. The number of alkyl halides is 3. The molecule has 1 aliphatic heterocycles. The highest BCUT2D eigenvalue weighted by Crippen LogP contribution is 2.40. The summed E-state index contributed by atoms with van der Waals surface area (Å²) in [5.41, 5.74) is 1.76. The van der Waals surface area contributed by atoms with Gasteiger partial charge in [0.05, 0.1) is 18.3 Å². The highest BCUT2D eigenvalue weighted by atomic mass is 19.4. The number of aryl methyl sites for hydroxylation is 1. The summed E-state index contributed by atoms with van der Waals surface area (Å²) in [7, 11) is 0. The molecule has 5 rings (SSSR count). The molecule has 198 valence electrons. The molecule has 1 fully saturated rings. The van der Waals surface area contributed by atoms with Crippen molar-refractivity contribution in [3.05, 3.63) is 89.4 Å². The maximum Gasteiger partial charge on any atom is 0.573 e. The summed E-state index contributed by atoms with van der Waals surface area (Å²) in [4.78, 5) is 42.5. The number of hydrogen-bond donors (Lipinski definition) is 0. The Balaban J connectivity index is 1.51. The van der Waals surface area contributed by atoms with Crippen molar-refractivity contribution >= 4 is 23.3 Å². The van der Waals surface area contributed by atoms with Crippen molar-refractivity contribution < 1.29 is 32.3 Å². The van der Waals surface area contributed by atoms with Gasteiger partial charge in [0.15, 0.2) is 17.9 Å². The molecule has 1 amide bonds. The van der Waals surface area contributed by atoms with E-state index in [0.717, 1.165) is 34.7 Å². The smallest absolute Gasteiger partial charge is 0.406 e. The van der Waals surface area contributed by atoms with E-state index in [1.54, 1.807) is 37.3 Å². The number of halogens is 3. The predicted molar refractivity (Wildman–Crippen MR) is 126 cm³/mol. The number of rotatable bonds is 7. The Hall–Kier alpha value is -5.01. The quantitative estimate of drug-likeness (QED) is 0.198. The monoisotopic (exact) mass is 537 g/mol. The van der Waals surface area contributed by atoms with Crippen molar-refractivity contribution in [1.82, 2.24) is 30.4 Å². The van der Waals surface area contributed by atoms with E-state index in [2.05, 4.69) is 30.3 Å². The molecular weight excluding hydrogens is 519 g/mol. The topological polar surface area (TPSA) is 133 Å². The maximum atomic E-state index is 13.6. The van der Waals surface area contributed by atoms with Crippen LogP contribution < -0.4 is 9.64 Å². The van der Waals surface area contributed by atoms with Gasteiger partial charge in [-0.05, 0) is 59.7 Å². The molecule has 0 bridgehead atoms.